The van der Waals surface area contributed by atoms with E-state index in [4.69, 9.17) is 4.74 Å². The van der Waals surface area contributed by atoms with Gasteiger partial charge in [0, 0.05) is 18.7 Å². The highest BCUT2D eigenvalue weighted by molar-refractivity contribution is 7.92. The van der Waals surface area contributed by atoms with Crippen LogP contribution >= 0.6 is 0 Å². The number of sulfone groups is 1. The molecule has 130 valence electrons. The van der Waals surface area contributed by atoms with E-state index in [-0.39, 0.29) is 35.7 Å². The standard InChI is InChI=1S/C16H17F2NO4S/c17-16(18)5-14(16)23-13-3-1-10(2-4-13)15(20)19-6-11(7-19)12-8-24(21,22)9-12/h1-4,11-12,14H,5-9H2. The number of benzene rings is 1. The van der Waals surface area contributed by atoms with Crippen LogP contribution in [0.5, 0.6) is 5.75 Å². The van der Waals surface area contributed by atoms with Gasteiger partial charge in [-0.05, 0) is 36.1 Å². The Labute approximate surface area is 138 Å². The number of hydrogen-bond donors (Lipinski definition) is 0. The third kappa shape index (κ3) is 2.87. The zero-order valence-corrected chi connectivity index (χ0v) is 13.6. The lowest BCUT2D eigenvalue weighted by Crippen LogP contribution is -2.57. The molecule has 0 bridgehead atoms. The molecule has 2 heterocycles. The summed E-state index contributed by atoms with van der Waals surface area (Å²) in [6.07, 6.45) is -1.33. The van der Waals surface area contributed by atoms with Crippen molar-refractivity contribution in [2.75, 3.05) is 24.6 Å². The molecule has 0 N–H and O–H groups in total. The summed E-state index contributed by atoms with van der Waals surface area (Å²) in [5, 5.41) is 0. The van der Waals surface area contributed by atoms with Crippen LogP contribution < -0.4 is 4.74 Å². The molecule has 0 radical (unpaired) electrons. The van der Waals surface area contributed by atoms with Crippen molar-refractivity contribution in [1.82, 2.24) is 4.90 Å². The molecule has 1 aliphatic carbocycles. The van der Waals surface area contributed by atoms with Crippen molar-refractivity contribution in [3.8, 4) is 5.75 Å². The molecule has 8 heteroatoms. The van der Waals surface area contributed by atoms with Crippen molar-refractivity contribution in [2.45, 2.75) is 18.4 Å². The molecule has 1 saturated carbocycles. The van der Waals surface area contributed by atoms with Crippen molar-refractivity contribution >= 4 is 15.7 Å². The van der Waals surface area contributed by atoms with Crippen molar-refractivity contribution in [2.24, 2.45) is 11.8 Å². The maximum atomic E-state index is 12.8. The highest BCUT2D eigenvalue weighted by Crippen LogP contribution is 2.44. The number of alkyl halides is 2. The summed E-state index contributed by atoms with van der Waals surface area (Å²) in [6.45, 7) is 1.15. The van der Waals surface area contributed by atoms with Gasteiger partial charge in [0.15, 0.2) is 15.9 Å². The molecule has 24 heavy (non-hydrogen) atoms. The van der Waals surface area contributed by atoms with Crippen molar-refractivity contribution in [3.05, 3.63) is 29.8 Å². The van der Waals surface area contributed by atoms with E-state index in [1.54, 1.807) is 17.0 Å². The quantitative estimate of drug-likeness (QED) is 0.821. The molecule has 4 rings (SSSR count). The number of amides is 1. The summed E-state index contributed by atoms with van der Waals surface area (Å²) in [5.41, 5.74) is 0.476. The van der Waals surface area contributed by atoms with Crippen molar-refractivity contribution in [1.29, 1.82) is 0 Å². The summed E-state index contributed by atoms with van der Waals surface area (Å²) >= 11 is 0. The Balaban J connectivity index is 1.30. The van der Waals surface area contributed by atoms with E-state index in [9.17, 15) is 22.0 Å². The van der Waals surface area contributed by atoms with Gasteiger partial charge in [0.1, 0.15) is 5.75 Å². The fourth-order valence-electron chi connectivity index (χ4n) is 3.19. The van der Waals surface area contributed by atoms with Crippen LogP contribution in [0.1, 0.15) is 16.8 Å². The Morgan fingerprint density at radius 2 is 1.71 bits per heavy atom. The number of ether oxygens (including phenoxy) is 1. The largest absolute Gasteiger partial charge is 0.484 e. The molecule has 3 aliphatic rings. The van der Waals surface area contributed by atoms with Gasteiger partial charge in [0.05, 0.1) is 17.9 Å². The van der Waals surface area contributed by atoms with Crippen LogP contribution in [0.2, 0.25) is 0 Å². The summed E-state index contributed by atoms with van der Waals surface area (Å²) in [4.78, 5) is 14.0. The van der Waals surface area contributed by atoms with E-state index in [0.717, 1.165) is 0 Å². The molecule has 2 saturated heterocycles. The van der Waals surface area contributed by atoms with Crippen LogP contribution in [0.15, 0.2) is 24.3 Å². The second-order valence-corrected chi connectivity index (χ2v) is 9.06. The Bertz CT molecular complexity index is 760. The molecule has 1 atom stereocenters. The van der Waals surface area contributed by atoms with Gasteiger partial charge in [0.2, 0.25) is 0 Å². The van der Waals surface area contributed by atoms with E-state index in [1.807, 2.05) is 0 Å². The zero-order valence-electron chi connectivity index (χ0n) is 12.8. The first-order valence-corrected chi connectivity index (χ1v) is 9.70. The molecule has 0 spiro atoms. The Hall–Kier alpha value is -1.70. The second kappa shape index (κ2) is 5.15. The molecule has 5 nitrogen and oxygen atoms in total. The highest BCUT2D eigenvalue weighted by atomic mass is 32.2. The monoisotopic (exact) mass is 357 g/mol. The van der Waals surface area contributed by atoms with Gasteiger partial charge in [-0.3, -0.25) is 4.79 Å². The molecular weight excluding hydrogens is 340 g/mol. The van der Waals surface area contributed by atoms with Crippen LogP contribution in [0.3, 0.4) is 0 Å². The number of carbonyl (C=O) groups is 1. The molecule has 1 amide bonds. The fraction of sp³-hybridized carbons (Fsp3) is 0.562. The first-order chi connectivity index (χ1) is 11.2. The summed E-state index contributed by atoms with van der Waals surface area (Å²) in [6, 6.07) is 6.19. The minimum absolute atomic E-state index is 0.128. The van der Waals surface area contributed by atoms with E-state index in [2.05, 4.69) is 0 Å². The van der Waals surface area contributed by atoms with E-state index in [0.29, 0.717) is 24.4 Å². The number of nitrogens with zero attached hydrogens (tertiary/aromatic N) is 1. The number of halogens is 2. The number of carbonyl (C=O) groups excluding carboxylic acids is 1. The van der Waals surface area contributed by atoms with Gasteiger partial charge >= 0.3 is 0 Å². The Kier molecular flexibility index (Phi) is 3.39. The average Bonchev–Trinajstić information content (AvgIpc) is 3.02. The molecule has 2 aliphatic heterocycles. The SMILES string of the molecule is O=C(c1ccc(OC2CC2(F)F)cc1)N1CC(C2CS(=O)(=O)C2)C1. The predicted octanol–water partition coefficient (Wildman–Crippen LogP) is 1.59. The van der Waals surface area contributed by atoms with Gasteiger partial charge in [-0.15, -0.1) is 0 Å². The molecular formula is C16H17F2NO4S. The number of likely N-dealkylation sites (tertiary alicyclic amines) is 1. The van der Waals surface area contributed by atoms with Crippen molar-refractivity contribution in [3.63, 3.8) is 0 Å². The molecule has 1 aromatic carbocycles. The summed E-state index contributed by atoms with van der Waals surface area (Å²) < 4.78 is 53.1. The van der Waals surface area contributed by atoms with Crippen LogP contribution in [-0.4, -0.2) is 55.8 Å². The third-order valence-electron chi connectivity index (χ3n) is 4.95. The lowest BCUT2D eigenvalue weighted by atomic mass is 9.87. The summed E-state index contributed by atoms with van der Waals surface area (Å²) in [5.74, 6) is -1.63. The first kappa shape index (κ1) is 15.8. The third-order valence-corrected chi connectivity index (χ3v) is 6.82. The molecule has 3 fully saturated rings. The van der Waals surface area contributed by atoms with Gasteiger partial charge in [-0.25, -0.2) is 17.2 Å². The predicted molar refractivity (Wildman–Crippen MR) is 82.0 cm³/mol. The number of rotatable bonds is 4. The minimum atomic E-state index is -2.83. The zero-order chi connectivity index (χ0) is 17.1. The van der Waals surface area contributed by atoms with E-state index >= 15 is 0 Å². The average molecular weight is 357 g/mol. The molecule has 1 unspecified atom stereocenters. The van der Waals surface area contributed by atoms with Crippen molar-refractivity contribution < 1.29 is 26.7 Å². The van der Waals surface area contributed by atoms with Crippen LogP contribution in [0.25, 0.3) is 0 Å². The lowest BCUT2D eigenvalue weighted by Gasteiger charge is -2.46. The van der Waals surface area contributed by atoms with Gasteiger partial charge in [-0.2, -0.15) is 0 Å². The van der Waals surface area contributed by atoms with Crippen LogP contribution in [0.4, 0.5) is 8.78 Å². The maximum Gasteiger partial charge on any atom is 0.288 e. The van der Waals surface area contributed by atoms with Gasteiger partial charge in [0.25, 0.3) is 11.8 Å². The first-order valence-electron chi connectivity index (χ1n) is 7.88. The summed E-state index contributed by atoms with van der Waals surface area (Å²) in [7, 11) is -2.83. The van der Waals surface area contributed by atoms with Gasteiger partial charge in [-0.1, -0.05) is 0 Å². The Morgan fingerprint density at radius 1 is 1.12 bits per heavy atom. The minimum Gasteiger partial charge on any atom is -0.484 e. The lowest BCUT2D eigenvalue weighted by molar-refractivity contribution is 0.0399. The normalized spacial score (nSPS) is 27.9. The highest BCUT2D eigenvalue weighted by Gasteiger charge is 2.59. The molecule has 1 aromatic rings. The maximum absolute atomic E-state index is 12.8. The fourth-order valence-corrected chi connectivity index (χ4v) is 4.94. The van der Waals surface area contributed by atoms with E-state index in [1.165, 1.54) is 12.1 Å². The second-order valence-electron chi connectivity index (χ2n) is 6.90. The van der Waals surface area contributed by atoms with Crippen LogP contribution in [0, 0.1) is 11.8 Å². The number of hydrogen-bond acceptors (Lipinski definition) is 4. The molecule has 0 aromatic heterocycles. The van der Waals surface area contributed by atoms with E-state index < -0.39 is 21.9 Å². The Morgan fingerprint density at radius 3 is 2.21 bits per heavy atom. The topological polar surface area (TPSA) is 63.7 Å². The smallest absolute Gasteiger partial charge is 0.288 e. The van der Waals surface area contributed by atoms with Crippen LogP contribution in [-0.2, 0) is 9.84 Å². The van der Waals surface area contributed by atoms with Gasteiger partial charge < -0.3 is 9.64 Å².